The van der Waals surface area contributed by atoms with Crippen LogP contribution >= 0.6 is 7.60 Å². The number of carbonyl (C=O) groups excluding carboxylic acids is 1. The number of hydrogen-bond acceptors (Lipinski definition) is 7. The molecular weight excluding hydrogens is 455 g/mol. The lowest BCUT2D eigenvalue weighted by molar-refractivity contribution is 0.0505. The van der Waals surface area contributed by atoms with Crippen LogP contribution in [0.15, 0.2) is 72.8 Å². The number of ether oxygens (including phenoxy) is 3. The fourth-order valence-electron chi connectivity index (χ4n) is 3.29. The molecule has 3 aromatic carbocycles. The van der Waals surface area contributed by atoms with Crippen LogP contribution in [0, 0.1) is 0 Å². The second-order valence-electron chi connectivity index (χ2n) is 7.25. The van der Waals surface area contributed by atoms with Crippen LogP contribution < -0.4 is 9.47 Å². The first kappa shape index (κ1) is 25.7. The number of hydrogen-bond donors (Lipinski definition) is 0. The zero-order chi connectivity index (χ0) is 24.4. The van der Waals surface area contributed by atoms with Crippen molar-refractivity contribution in [1.29, 1.82) is 0 Å². The van der Waals surface area contributed by atoms with Gasteiger partial charge in [0.1, 0.15) is 17.2 Å². The second-order valence-corrected chi connectivity index (χ2v) is 9.16. The predicted molar refractivity (Wildman–Crippen MR) is 130 cm³/mol. The molecule has 0 aromatic heterocycles. The molecule has 0 unspecified atom stereocenters. The smallest absolute Gasteiger partial charge is 0.401 e. The van der Waals surface area contributed by atoms with Crippen molar-refractivity contribution in [2.75, 3.05) is 27.1 Å². The molecule has 3 rings (SSSR count). The summed E-state index contributed by atoms with van der Waals surface area (Å²) >= 11 is 0. The lowest BCUT2D eigenvalue weighted by Gasteiger charge is -2.17. The fourth-order valence-corrected chi connectivity index (χ4v) is 4.73. The molecule has 0 radical (unpaired) electrons. The van der Waals surface area contributed by atoms with Crippen molar-refractivity contribution in [2.24, 2.45) is 0 Å². The van der Waals surface area contributed by atoms with Crippen LogP contribution in [0.5, 0.6) is 17.2 Å². The van der Waals surface area contributed by atoms with Gasteiger partial charge in [-0.15, -0.1) is 0 Å². The van der Waals surface area contributed by atoms with Crippen LogP contribution in [0.2, 0.25) is 0 Å². The molecular formula is C26H29O7P. The summed E-state index contributed by atoms with van der Waals surface area (Å²) in [6.45, 7) is 3.58. The molecule has 0 atom stereocenters. The van der Waals surface area contributed by atoms with Gasteiger partial charge in [0.15, 0.2) is 6.79 Å². The summed E-state index contributed by atoms with van der Waals surface area (Å²) in [5.41, 5.74) is 1.26. The van der Waals surface area contributed by atoms with Crippen LogP contribution in [0.3, 0.4) is 0 Å². The maximum atomic E-state index is 13.0. The third-order valence-electron chi connectivity index (χ3n) is 4.78. The average Bonchev–Trinajstić information content (AvgIpc) is 2.85. The van der Waals surface area contributed by atoms with E-state index in [0.29, 0.717) is 17.9 Å². The summed E-state index contributed by atoms with van der Waals surface area (Å²) in [5, 5.41) is 0. The summed E-state index contributed by atoms with van der Waals surface area (Å²) < 4.78 is 40.0. The Bertz CT molecular complexity index is 1100. The second kappa shape index (κ2) is 12.5. The van der Waals surface area contributed by atoms with Gasteiger partial charge in [0.05, 0.1) is 13.2 Å². The average molecular weight is 484 g/mol. The molecule has 180 valence electrons. The van der Waals surface area contributed by atoms with Gasteiger partial charge in [-0.05, 0) is 67.4 Å². The van der Waals surface area contributed by atoms with Gasteiger partial charge in [0, 0.05) is 19.1 Å². The van der Waals surface area contributed by atoms with E-state index in [0.717, 1.165) is 16.9 Å². The largest absolute Gasteiger partial charge is 0.467 e. The summed E-state index contributed by atoms with van der Waals surface area (Å²) in [6.07, 6.45) is 0.472. The maximum Gasteiger partial charge on any atom is 0.401 e. The first-order chi connectivity index (χ1) is 16.5. The van der Waals surface area contributed by atoms with Crippen LogP contribution in [-0.2, 0) is 24.8 Å². The molecule has 3 aromatic rings. The monoisotopic (exact) mass is 484 g/mol. The lowest BCUT2D eigenvalue weighted by atomic mass is 10.0. The zero-order valence-corrected chi connectivity index (χ0v) is 20.5. The van der Waals surface area contributed by atoms with Gasteiger partial charge in [-0.2, -0.15) is 0 Å². The highest BCUT2D eigenvalue weighted by atomic mass is 31.2. The normalized spacial score (nSPS) is 11.3. The summed E-state index contributed by atoms with van der Waals surface area (Å²) in [4.78, 5) is 13.0. The van der Waals surface area contributed by atoms with Gasteiger partial charge in [-0.1, -0.05) is 30.3 Å². The molecule has 0 fully saturated rings. The molecule has 0 spiro atoms. The third-order valence-corrected chi connectivity index (χ3v) is 6.74. The molecule has 0 saturated heterocycles. The van der Waals surface area contributed by atoms with E-state index in [1.807, 2.05) is 54.6 Å². The Morgan fingerprint density at radius 3 is 2.12 bits per heavy atom. The molecule has 7 nitrogen and oxygen atoms in total. The Morgan fingerprint density at radius 2 is 1.50 bits per heavy atom. The zero-order valence-electron chi connectivity index (χ0n) is 19.6. The molecule has 0 heterocycles. The lowest BCUT2D eigenvalue weighted by Crippen LogP contribution is -2.09. The maximum absolute atomic E-state index is 13.0. The quantitative estimate of drug-likeness (QED) is 0.203. The van der Waals surface area contributed by atoms with Crippen LogP contribution in [0.25, 0.3) is 0 Å². The van der Waals surface area contributed by atoms with Crippen LogP contribution in [0.1, 0.15) is 35.3 Å². The Labute approximate surface area is 200 Å². The molecule has 8 heteroatoms. The molecule has 0 aliphatic rings. The molecule has 0 amide bonds. The topological polar surface area (TPSA) is 80.3 Å². The van der Waals surface area contributed by atoms with Crippen molar-refractivity contribution < 1.29 is 32.6 Å². The van der Waals surface area contributed by atoms with Gasteiger partial charge < -0.3 is 23.3 Å². The van der Waals surface area contributed by atoms with E-state index in [2.05, 4.69) is 0 Å². The van der Waals surface area contributed by atoms with Crippen molar-refractivity contribution in [3.05, 3.63) is 89.5 Å². The number of carbonyl (C=O) groups is 1. The summed E-state index contributed by atoms with van der Waals surface area (Å²) in [5.74, 6) is 2.03. The van der Waals surface area contributed by atoms with Gasteiger partial charge in [0.2, 0.25) is 0 Å². The van der Waals surface area contributed by atoms with Gasteiger partial charge >= 0.3 is 7.60 Å². The van der Waals surface area contributed by atoms with E-state index < -0.39 is 13.1 Å². The van der Waals surface area contributed by atoms with Gasteiger partial charge in [-0.25, -0.2) is 0 Å². The Morgan fingerprint density at radius 1 is 0.853 bits per heavy atom. The molecule has 0 aliphatic heterocycles. The van der Waals surface area contributed by atoms with Crippen LogP contribution in [-0.4, -0.2) is 32.6 Å². The predicted octanol–water partition coefficient (Wildman–Crippen LogP) is 6.46. The highest BCUT2D eigenvalue weighted by Gasteiger charge is 2.35. The van der Waals surface area contributed by atoms with E-state index >= 15 is 0 Å². The van der Waals surface area contributed by atoms with Crippen molar-refractivity contribution in [1.82, 2.24) is 0 Å². The van der Waals surface area contributed by atoms with Gasteiger partial charge in [-0.3, -0.25) is 9.36 Å². The first-order valence-electron chi connectivity index (χ1n) is 11.0. The molecule has 0 aliphatic carbocycles. The molecule has 0 N–H and O–H groups in total. The summed E-state index contributed by atoms with van der Waals surface area (Å²) in [6, 6.07) is 22.1. The van der Waals surface area contributed by atoms with E-state index in [1.54, 1.807) is 32.0 Å². The minimum atomic E-state index is -3.93. The Balaban J connectivity index is 1.85. The fraction of sp³-hybridized carbons (Fsp3) is 0.269. The number of methoxy groups -OCH3 is 1. The van der Waals surface area contributed by atoms with E-state index in [1.165, 1.54) is 7.11 Å². The van der Waals surface area contributed by atoms with Crippen molar-refractivity contribution in [2.45, 2.75) is 20.3 Å². The first-order valence-corrected chi connectivity index (χ1v) is 12.5. The highest BCUT2D eigenvalue weighted by Crippen LogP contribution is 2.51. The molecule has 0 bridgehead atoms. The Kier molecular flexibility index (Phi) is 9.42. The highest BCUT2D eigenvalue weighted by molar-refractivity contribution is 7.72. The third kappa shape index (κ3) is 6.78. The van der Waals surface area contributed by atoms with E-state index in [-0.39, 0.29) is 25.6 Å². The number of benzene rings is 3. The minimum absolute atomic E-state index is 0.0561. The minimum Gasteiger partial charge on any atom is -0.467 e. The standard InChI is InChI=1S/C26H29O7P/c1-4-31-34(28,32-5-2)26(27)21-13-16-25(30-19-29-3)22(18-21)17-20-11-14-24(15-12-20)33-23-9-7-6-8-10-23/h6-16,18H,4-5,17,19H2,1-3H3. The van der Waals surface area contributed by atoms with Crippen LogP contribution in [0.4, 0.5) is 0 Å². The summed E-state index contributed by atoms with van der Waals surface area (Å²) in [7, 11) is -2.40. The SMILES string of the molecule is CCOP(=O)(OCC)C(=O)c1ccc(OCOC)c(Cc2ccc(Oc3ccccc3)cc2)c1. The number of rotatable bonds is 13. The number of para-hydroxylation sites is 1. The molecule has 34 heavy (non-hydrogen) atoms. The van der Waals surface area contributed by atoms with Gasteiger partial charge in [0.25, 0.3) is 5.52 Å². The van der Waals surface area contributed by atoms with Crippen molar-refractivity contribution >= 4 is 13.1 Å². The van der Waals surface area contributed by atoms with E-state index in [9.17, 15) is 9.36 Å². The van der Waals surface area contributed by atoms with Crippen molar-refractivity contribution in [3.8, 4) is 17.2 Å². The molecule has 0 saturated carbocycles. The van der Waals surface area contributed by atoms with E-state index in [4.69, 9.17) is 23.3 Å². The van der Waals surface area contributed by atoms with Crippen molar-refractivity contribution in [3.63, 3.8) is 0 Å². The Hall–Kier alpha value is -2.96.